The molecular weight excluding hydrogens is 381 g/mol. The Labute approximate surface area is 166 Å². The zero-order valence-corrected chi connectivity index (χ0v) is 15.6. The molecule has 27 heavy (non-hydrogen) atoms. The molecule has 134 valence electrons. The fraction of sp³-hybridized carbons (Fsp3) is 0.0476. The van der Waals surface area contributed by atoms with Crippen molar-refractivity contribution in [3.63, 3.8) is 0 Å². The fourth-order valence-electron chi connectivity index (χ4n) is 2.93. The summed E-state index contributed by atoms with van der Waals surface area (Å²) in [6, 6.07) is 22.3. The first-order valence-corrected chi connectivity index (χ1v) is 9.12. The second-order valence-corrected chi connectivity index (χ2v) is 6.89. The van der Waals surface area contributed by atoms with Crippen molar-refractivity contribution in [2.24, 2.45) is 4.99 Å². The molecular formula is C21H15Cl2N3O. The molecule has 0 saturated carbocycles. The minimum atomic E-state index is -0.841. The van der Waals surface area contributed by atoms with Crippen LogP contribution in [-0.4, -0.2) is 17.8 Å². The molecule has 6 heteroatoms. The summed E-state index contributed by atoms with van der Waals surface area (Å²) in [5.74, 6) is -0.274. The highest BCUT2D eigenvalue weighted by molar-refractivity contribution is 6.33. The topological polar surface area (TPSA) is 53.5 Å². The number of aliphatic imine (C=N–C) groups is 1. The quantitative estimate of drug-likeness (QED) is 0.638. The Morgan fingerprint density at radius 3 is 2.44 bits per heavy atom. The molecule has 1 unspecified atom stereocenters. The number of carbonyl (C=O) groups excluding carboxylic acids is 1. The van der Waals surface area contributed by atoms with Gasteiger partial charge in [-0.25, -0.2) is 4.99 Å². The van der Waals surface area contributed by atoms with Gasteiger partial charge in [0.2, 0.25) is 0 Å². The molecule has 2 N–H and O–H groups in total. The van der Waals surface area contributed by atoms with Crippen LogP contribution in [0.1, 0.15) is 11.1 Å². The van der Waals surface area contributed by atoms with Crippen molar-refractivity contribution in [3.05, 3.63) is 94.0 Å². The van der Waals surface area contributed by atoms with Gasteiger partial charge in [0.15, 0.2) is 6.17 Å². The maximum Gasteiger partial charge on any atom is 0.269 e. The molecule has 0 aliphatic carbocycles. The number of benzodiazepines with no additional fused rings is 1. The lowest BCUT2D eigenvalue weighted by Gasteiger charge is -2.15. The lowest BCUT2D eigenvalue weighted by atomic mass is 10.0. The monoisotopic (exact) mass is 395 g/mol. The number of fused-ring (bicyclic) bond motifs is 1. The zero-order valence-electron chi connectivity index (χ0n) is 14.1. The van der Waals surface area contributed by atoms with E-state index in [0.717, 1.165) is 11.1 Å². The summed E-state index contributed by atoms with van der Waals surface area (Å²) in [7, 11) is 0. The normalized spacial score (nSPS) is 16.0. The number of para-hydroxylation sites is 1. The van der Waals surface area contributed by atoms with Gasteiger partial charge < -0.3 is 10.6 Å². The van der Waals surface area contributed by atoms with E-state index in [1.54, 1.807) is 24.3 Å². The Bertz CT molecular complexity index is 1030. The van der Waals surface area contributed by atoms with Crippen LogP contribution in [-0.2, 0) is 4.79 Å². The van der Waals surface area contributed by atoms with Crippen LogP contribution in [0.2, 0.25) is 10.0 Å². The predicted molar refractivity (Wildman–Crippen MR) is 111 cm³/mol. The van der Waals surface area contributed by atoms with Crippen molar-refractivity contribution in [1.82, 2.24) is 0 Å². The molecule has 3 aromatic carbocycles. The molecule has 4 rings (SSSR count). The minimum absolute atomic E-state index is 0.274. The van der Waals surface area contributed by atoms with Crippen LogP contribution in [0.4, 0.5) is 11.4 Å². The zero-order chi connectivity index (χ0) is 18.8. The number of rotatable bonds is 3. The summed E-state index contributed by atoms with van der Waals surface area (Å²) in [6.07, 6.45) is -0.841. The lowest BCUT2D eigenvalue weighted by molar-refractivity contribution is -0.116. The third-order valence-corrected chi connectivity index (χ3v) is 4.78. The molecule has 0 saturated heterocycles. The second-order valence-electron chi connectivity index (χ2n) is 6.05. The van der Waals surface area contributed by atoms with Gasteiger partial charge >= 0.3 is 0 Å². The van der Waals surface area contributed by atoms with Gasteiger partial charge in [0, 0.05) is 16.1 Å². The van der Waals surface area contributed by atoms with E-state index in [-0.39, 0.29) is 5.91 Å². The van der Waals surface area contributed by atoms with E-state index < -0.39 is 6.17 Å². The summed E-state index contributed by atoms with van der Waals surface area (Å²) < 4.78 is 0. The van der Waals surface area contributed by atoms with Gasteiger partial charge in [0.25, 0.3) is 5.91 Å². The molecule has 0 bridgehead atoms. The molecule has 4 nitrogen and oxygen atoms in total. The SMILES string of the molecule is O=C1Nc2ccc(Cl)cc2C(c2ccccc2)=NC1Nc1ccccc1Cl. The Balaban J connectivity index is 1.83. The lowest BCUT2D eigenvalue weighted by Crippen LogP contribution is -2.32. The van der Waals surface area contributed by atoms with E-state index in [9.17, 15) is 4.79 Å². The highest BCUT2D eigenvalue weighted by atomic mass is 35.5. The number of halogens is 2. The Hall–Kier alpha value is -2.82. The number of hydrogen-bond acceptors (Lipinski definition) is 3. The van der Waals surface area contributed by atoms with E-state index in [1.165, 1.54) is 0 Å². The minimum Gasteiger partial charge on any atom is -0.355 e. The van der Waals surface area contributed by atoms with Crippen LogP contribution in [0.5, 0.6) is 0 Å². The first kappa shape index (κ1) is 17.6. The van der Waals surface area contributed by atoms with E-state index in [1.807, 2.05) is 48.5 Å². The number of carbonyl (C=O) groups is 1. The molecule has 1 aliphatic heterocycles. The maximum atomic E-state index is 12.8. The van der Waals surface area contributed by atoms with Crippen LogP contribution in [0.3, 0.4) is 0 Å². The Morgan fingerprint density at radius 2 is 1.67 bits per heavy atom. The van der Waals surface area contributed by atoms with Crippen molar-refractivity contribution in [1.29, 1.82) is 0 Å². The highest BCUT2D eigenvalue weighted by Gasteiger charge is 2.26. The number of benzene rings is 3. The second kappa shape index (κ2) is 7.43. The molecule has 0 fully saturated rings. The van der Waals surface area contributed by atoms with Crippen molar-refractivity contribution in [3.8, 4) is 0 Å². The van der Waals surface area contributed by atoms with Crippen LogP contribution < -0.4 is 10.6 Å². The summed E-state index contributed by atoms with van der Waals surface area (Å²) in [4.78, 5) is 17.5. The number of anilines is 2. The third-order valence-electron chi connectivity index (χ3n) is 4.21. The predicted octanol–water partition coefficient (Wildman–Crippen LogP) is 5.22. The Kier molecular flexibility index (Phi) is 4.84. The van der Waals surface area contributed by atoms with Crippen molar-refractivity contribution in [2.75, 3.05) is 10.6 Å². The first-order chi connectivity index (χ1) is 13.1. The van der Waals surface area contributed by atoms with E-state index in [2.05, 4.69) is 10.6 Å². The highest BCUT2D eigenvalue weighted by Crippen LogP contribution is 2.28. The van der Waals surface area contributed by atoms with Crippen molar-refractivity contribution < 1.29 is 4.79 Å². The molecule has 1 aliphatic rings. The van der Waals surface area contributed by atoms with Crippen LogP contribution in [0.25, 0.3) is 0 Å². The third kappa shape index (κ3) is 3.68. The first-order valence-electron chi connectivity index (χ1n) is 8.37. The summed E-state index contributed by atoms with van der Waals surface area (Å²) in [6.45, 7) is 0. The van der Waals surface area contributed by atoms with Crippen molar-refractivity contribution >= 4 is 46.2 Å². The van der Waals surface area contributed by atoms with Gasteiger partial charge in [0.05, 0.1) is 22.1 Å². The molecule has 0 spiro atoms. The Morgan fingerprint density at radius 1 is 0.926 bits per heavy atom. The summed E-state index contributed by atoms with van der Waals surface area (Å²) >= 11 is 12.4. The van der Waals surface area contributed by atoms with E-state index in [4.69, 9.17) is 28.2 Å². The smallest absolute Gasteiger partial charge is 0.269 e. The molecule has 0 aromatic heterocycles. The van der Waals surface area contributed by atoms with Gasteiger partial charge in [-0.05, 0) is 30.3 Å². The average Bonchev–Trinajstić information content (AvgIpc) is 2.81. The largest absolute Gasteiger partial charge is 0.355 e. The summed E-state index contributed by atoms with van der Waals surface area (Å²) in [5, 5.41) is 7.14. The number of nitrogens with zero attached hydrogens (tertiary/aromatic N) is 1. The van der Waals surface area contributed by atoms with Crippen LogP contribution in [0, 0.1) is 0 Å². The molecule has 1 atom stereocenters. The van der Waals surface area contributed by atoms with Crippen molar-refractivity contribution in [2.45, 2.75) is 6.17 Å². The maximum absolute atomic E-state index is 12.8. The van der Waals surface area contributed by atoms with E-state index in [0.29, 0.717) is 27.1 Å². The van der Waals surface area contributed by atoms with Crippen LogP contribution in [0.15, 0.2) is 77.8 Å². The molecule has 1 amide bonds. The van der Waals surface area contributed by atoms with Gasteiger partial charge in [-0.3, -0.25) is 4.79 Å². The fourth-order valence-corrected chi connectivity index (χ4v) is 3.29. The van der Waals surface area contributed by atoms with Gasteiger partial charge in [-0.15, -0.1) is 0 Å². The molecule has 3 aromatic rings. The average molecular weight is 396 g/mol. The van der Waals surface area contributed by atoms with Gasteiger partial charge in [0.1, 0.15) is 0 Å². The molecule has 1 heterocycles. The molecule has 0 radical (unpaired) electrons. The number of amides is 1. The number of nitrogens with one attached hydrogen (secondary N) is 2. The number of hydrogen-bond donors (Lipinski definition) is 2. The van der Waals surface area contributed by atoms with Crippen LogP contribution >= 0.6 is 23.2 Å². The van der Waals surface area contributed by atoms with Gasteiger partial charge in [-0.2, -0.15) is 0 Å². The standard InChI is InChI=1S/C21H15Cl2N3O/c22-14-10-11-17-15(12-14)19(13-6-2-1-3-7-13)26-20(21(27)25-17)24-18-9-5-4-8-16(18)23/h1-12,20,24H,(H,25,27). The summed E-state index contributed by atoms with van der Waals surface area (Å²) in [5.41, 5.74) is 3.64. The van der Waals surface area contributed by atoms with E-state index >= 15 is 0 Å². The van der Waals surface area contributed by atoms with Gasteiger partial charge in [-0.1, -0.05) is 65.7 Å².